The van der Waals surface area contributed by atoms with E-state index in [-0.39, 0.29) is 22.7 Å². The minimum Gasteiger partial charge on any atom is -0.451 e. The lowest BCUT2D eigenvalue weighted by Crippen LogP contribution is -2.36. The van der Waals surface area contributed by atoms with Gasteiger partial charge in [0.1, 0.15) is 16.8 Å². The highest BCUT2D eigenvalue weighted by Gasteiger charge is 2.33. The molecular formula is C30H30FN5O3. The van der Waals surface area contributed by atoms with Crippen molar-refractivity contribution < 1.29 is 13.9 Å². The van der Waals surface area contributed by atoms with Crippen LogP contribution in [0.3, 0.4) is 0 Å². The number of ether oxygens (including phenoxy) is 1. The Hall–Kier alpha value is -3.95. The van der Waals surface area contributed by atoms with E-state index in [2.05, 4.69) is 10.2 Å². The molecule has 200 valence electrons. The molecule has 1 amide bonds. The molecule has 9 heteroatoms. The highest BCUT2D eigenvalue weighted by Crippen LogP contribution is 2.48. The summed E-state index contributed by atoms with van der Waals surface area (Å²) in [5.74, 6) is -0.219. The number of nitrogens with zero attached hydrogens (tertiary/aromatic N) is 3. The lowest BCUT2D eigenvalue weighted by atomic mass is 10.0. The molecule has 39 heavy (non-hydrogen) atoms. The Kier molecular flexibility index (Phi) is 5.79. The molecule has 4 heterocycles. The minimum atomic E-state index is -0.564. The lowest BCUT2D eigenvalue weighted by molar-refractivity contribution is 0.0948. The largest absolute Gasteiger partial charge is 0.451 e. The molecule has 1 atom stereocenters. The van der Waals surface area contributed by atoms with Crippen LogP contribution in [-0.4, -0.2) is 60.7 Å². The molecule has 4 aromatic rings. The van der Waals surface area contributed by atoms with E-state index in [9.17, 15) is 9.59 Å². The van der Waals surface area contributed by atoms with E-state index in [1.165, 1.54) is 18.9 Å². The molecule has 1 aromatic heterocycles. The summed E-state index contributed by atoms with van der Waals surface area (Å²) in [6.07, 6.45) is 4.64. The topological polar surface area (TPSA) is 92.8 Å². The first-order chi connectivity index (χ1) is 19.0. The fourth-order valence-corrected chi connectivity index (χ4v) is 6.17. The summed E-state index contributed by atoms with van der Waals surface area (Å²) < 4.78 is 24.0. The van der Waals surface area contributed by atoms with Crippen molar-refractivity contribution >= 4 is 33.3 Å². The first kappa shape index (κ1) is 24.1. The Morgan fingerprint density at radius 3 is 2.62 bits per heavy atom. The van der Waals surface area contributed by atoms with Gasteiger partial charge in [-0.2, -0.15) is 0 Å². The van der Waals surface area contributed by atoms with Crippen molar-refractivity contribution in [3.63, 3.8) is 0 Å². The fourth-order valence-electron chi connectivity index (χ4n) is 6.17. The van der Waals surface area contributed by atoms with Crippen molar-refractivity contribution in [2.24, 2.45) is 5.73 Å². The molecular weight excluding hydrogens is 497 g/mol. The zero-order chi connectivity index (χ0) is 26.7. The van der Waals surface area contributed by atoms with Crippen molar-refractivity contribution in [1.82, 2.24) is 14.8 Å². The average molecular weight is 528 g/mol. The first-order valence-corrected chi connectivity index (χ1v) is 13.6. The average Bonchev–Trinajstić information content (AvgIpc) is 3.60. The lowest BCUT2D eigenvalue weighted by Gasteiger charge is -2.29. The Labute approximate surface area is 224 Å². The predicted molar refractivity (Wildman–Crippen MR) is 150 cm³/mol. The third-order valence-electron chi connectivity index (χ3n) is 8.17. The van der Waals surface area contributed by atoms with Gasteiger partial charge in [0, 0.05) is 38.4 Å². The van der Waals surface area contributed by atoms with Crippen LogP contribution in [0.2, 0.25) is 0 Å². The van der Waals surface area contributed by atoms with E-state index in [4.69, 9.17) is 10.5 Å². The van der Waals surface area contributed by atoms with Gasteiger partial charge in [-0.15, -0.1) is 0 Å². The summed E-state index contributed by atoms with van der Waals surface area (Å²) in [7, 11) is 0. The van der Waals surface area contributed by atoms with Gasteiger partial charge in [-0.3, -0.25) is 9.59 Å². The predicted octanol–water partition coefficient (Wildman–Crippen LogP) is 3.75. The van der Waals surface area contributed by atoms with E-state index in [0.717, 1.165) is 36.8 Å². The Balaban J connectivity index is 1.40. The first-order valence-electron chi connectivity index (χ1n) is 13.6. The SMILES string of the molecule is N[C@H]1CCN(c2c(F)cc3c(=O)c(C(=O)NCCN4CCCC4)cn4c3c2Oc2cc3ccccc3cc2-4)C1. The molecule has 0 unspecified atom stereocenters. The van der Waals surface area contributed by atoms with Crippen LogP contribution in [0.15, 0.2) is 53.5 Å². The summed E-state index contributed by atoms with van der Waals surface area (Å²) in [6.45, 7) is 4.30. The van der Waals surface area contributed by atoms with Crippen LogP contribution in [0.1, 0.15) is 29.6 Å². The van der Waals surface area contributed by atoms with Crippen molar-refractivity contribution in [2.45, 2.75) is 25.3 Å². The van der Waals surface area contributed by atoms with Crippen molar-refractivity contribution in [2.75, 3.05) is 44.2 Å². The third-order valence-corrected chi connectivity index (χ3v) is 8.17. The number of fused-ring (bicyclic) bond motifs is 3. The summed E-state index contributed by atoms with van der Waals surface area (Å²) >= 11 is 0. The van der Waals surface area contributed by atoms with Crippen LogP contribution < -0.4 is 26.1 Å². The summed E-state index contributed by atoms with van der Waals surface area (Å²) in [5, 5.41) is 4.97. The van der Waals surface area contributed by atoms with Gasteiger partial charge < -0.3 is 30.2 Å². The zero-order valence-corrected chi connectivity index (χ0v) is 21.6. The molecule has 0 saturated carbocycles. The number of nitrogens with one attached hydrogen (secondary N) is 1. The van der Waals surface area contributed by atoms with Gasteiger partial charge in [0.05, 0.1) is 11.1 Å². The second-order valence-electron chi connectivity index (χ2n) is 10.7. The number of carbonyl (C=O) groups excluding carboxylic acids is 1. The maximum Gasteiger partial charge on any atom is 0.256 e. The number of hydrogen-bond donors (Lipinski definition) is 2. The standard InChI is InChI=1S/C30H30FN5O3/c31-23-15-21-26-29(27(23)35-11-7-20(32)16-35)39-25-14-19-6-2-1-5-18(19)13-24(25)36(26)17-22(28(21)37)30(38)33-8-12-34-9-3-4-10-34/h1-2,5-6,13-15,17,20H,3-4,7-12,16,32H2,(H,33,38)/t20-/m0/s1. The van der Waals surface area contributed by atoms with Crippen LogP contribution in [0.5, 0.6) is 11.5 Å². The maximum absolute atomic E-state index is 15.8. The number of aromatic nitrogens is 1. The molecule has 3 N–H and O–H groups in total. The number of amides is 1. The Morgan fingerprint density at radius 1 is 1.10 bits per heavy atom. The number of pyridine rings is 1. The highest BCUT2D eigenvalue weighted by molar-refractivity contribution is 6.02. The van der Waals surface area contributed by atoms with Crippen LogP contribution >= 0.6 is 0 Å². The normalized spacial score (nSPS) is 18.5. The zero-order valence-electron chi connectivity index (χ0n) is 21.6. The van der Waals surface area contributed by atoms with Gasteiger partial charge in [-0.1, -0.05) is 24.3 Å². The molecule has 0 bridgehead atoms. The number of hydrogen-bond acceptors (Lipinski definition) is 6. The third kappa shape index (κ3) is 4.04. The summed E-state index contributed by atoms with van der Waals surface area (Å²) in [6, 6.07) is 13.0. The number of anilines is 1. The second-order valence-corrected chi connectivity index (χ2v) is 10.7. The van der Waals surface area contributed by atoms with Crippen molar-refractivity contribution in [1.29, 1.82) is 0 Å². The number of nitrogens with two attached hydrogens (primary N) is 1. The second kappa shape index (κ2) is 9.36. The van der Waals surface area contributed by atoms with Crippen LogP contribution in [0, 0.1) is 5.82 Å². The number of benzene rings is 3. The van der Waals surface area contributed by atoms with Gasteiger partial charge in [-0.05, 0) is 61.3 Å². The molecule has 8 nitrogen and oxygen atoms in total. The number of likely N-dealkylation sites (tertiary alicyclic amines) is 1. The fraction of sp³-hybridized carbons (Fsp3) is 0.333. The van der Waals surface area contributed by atoms with Crippen LogP contribution in [-0.2, 0) is 0 Å². The monoisotopic (exact) mass is 527 g/mol. The minimum absolute atomic E-state index is 0.0220. The molecule has 0 aliphatic carbocycles. The van der Waals surface area contributed by atoms with Gasteiger partial charge in [0.2, 0.25) is 5.43 Å². The van der Waals surface area contributed by atoms with Gasteiger partial charge >= 0.3 is 0 Å². The highest BCUT2D eigenvalue weighted by atomic mass is 19.1. The number of halogens is 1. The number of rotatable bonds is 5. The summed E-state index contributed by atoms with van der Waals surface area (Å²) in [5.41, 5.74) is 7.05. The summed E-state index contributed by atoms with van der Waals surface area (Å²) in [4.78, 5) is 31.1. The smallest absolute Gasteiger partial charge is 0.256 e. The van der Waals surface area contributed by atoms with E-state index in [0.29, 0.717) is 42.3 Å². The molecule has 3 aliphatic heterocycles. The molecule has 3 aliphatic rings. The quantitative estimate of drug-likeness (QED) is 0.362. The van der Waals surface area contributed by atoms with E-state index in [1.54, 1.807) is 6.20 Å². The van der Waals surface area contributed by atoms with E-state index < -0.39 is 17.2 Å². The Bertz CT molecular complexity index is 1690. The van der Waals surface area contributed by atoms with Crippen molar-refractivity contribution in [3.05, 3.63) is 70.3 Å². The van der Waals surface area contributed by atoms with Gasteiger partial charge in [0.25, 0.3) is 5.91 Å². The van der Waals surface area contributed by atoms with Gasteiger partial charge in [-0.25, -0.2) is 4.39 Å². The van der Waals surface area contributed by atoms with Crippen LogP contribution in [0.4, 0.5) is 10.1 Å². The molecule has 3 aromatic carbocycles. The van der Waals surface area contributed by atoms with Crippen molar-refractivity contribution in [3.8, 4) is 17.2 Å². The molecule has 7 rings (SSSR count). The van der Waals surface area contributed by atoms with E-state index >= 15 is 4.39 Å². The van der Waals surface area contributed by atoms with E-state index in [1.807, 2.05) is 45.9 Å². The molecule has 2 saturated heterocycles. The molecule has 0 radical (unpaired) electrons. The number of carbonyl (C=O) groups is 1. The van der Waals surface area contributed by atoms with Crippen LogP contribution in [0.25, 0.3) is 27.4 Å². The van der Waals surface area contributed by atoms with Gasteiger partial charge in [0.15, 0.2) is 17.3 Å². The molecule has 0 spiro atoms. The molecule has 2 fully saturated rings. The maximum atomic E-state index is 15.8. The Morgan fingerprint density at radius 2 is 1.87 bits per heavy atom.